The number of nitrogens with zero attached hydrogens (tertiary/aromatic N) is 1. The molecule has 2 aromatic rings. The van der Waals surface area contributed by atoms with Gasteiger partial charge in [0.15, 0.2) is 0 Å². The first-order chi connectivity index (χ1) is 10.1. The SMILES string of the molecule is CC(C)C1=C[C@@H]2Cc3nc4ccccc4c(N)c3[C@H](C1)C2. The zero-order valence-corrected chi connectivity index (χ0v) is 12.8. The molecule has 0 saturated carbocycles. The van der Waals surface area contributed by atoms with Crippen molar-refractivity contribution in [3.63, 3.8) is 0 Å². The van der Waals surface area contributed by atoms with Crippen LogP contribution in [0, 0.1) is 11.8 Å². The summed E-state index contributed by atoms with van der Waals surface area (Å²) >= 11 is 0. The van der Waals surface area contributed by atoms with Gasteiger partial charge in [0.05, 0.1) is 5.52 Å². The van der Waals surface area contributed by atoms with Crippen molar-refractivity contribution in [3.8, 4) is 0 Å². The van der Waals surface area contributed by atoms with E-state index in [4.69, 9.17) is 10.7 Å². The topological polar surface area (TPSA) is 38.9 Å². The molecule has 2 aliphatic rings. The summed E-state index contributed by atoms with van der Waals surface area (Å²) in [6.07, 6.45) is 5.97. The fraction of sp³-hybridized carbons (Fsp3) is 0.421. The molecule has 0 spiro atoms. The lowest BCUT2D eigenvalue weighted by molar-refractivity contribution is 0.417. The predicted molar refractivity (Wildman–Crippen MR) is 88.2 cm³/mol. The maximum Gasteiger partial charge on any atom is 0.0726 e. The summed E-state index contributed by atoms with van der Waals surface area (Å²) in [6.45, 7) is 4.60. The molecule has 2 aliphatic carbocycles. The van der Waals surface area contributed by atoms with Crippen molar-refractivity contribution in [2.75, 3.05) is 5.73 Å². The van der Waals surface area contributed by atoms with Gasteiger partial charge in [0.25, 0.3) is 0 Å². The van der Waals surface area contributed by atoms with E-state index in [-0.39, 0.29) is 0 Å². The number of allylic oxidation sites excluding steroid dienone is 2. The van der Waals surface area contributed by atoms with Crippen molar-refractivity contribution in [1.29, 1.82) is 0 Å². The second-order valence-corrected chi connectivity index (χ2v) is 6.90. The first-order valence-electron chi connectivity index (χ1n) is 8.01. The van der Waals surface area contributed by atoms with Gasteiger partial charge in [-0.05, 0) is 43.1 Å². The molecule has 0 amide bonds. The molecule has 1 heterocycles. The van der Waals surface area contributed by atoms with Gasteiger partial charge in [0, 0.05) is 22.3 Å². The maximum atomic E-state index is 6.54. The molecule has 2 bridgehead atoms. The summed E-state index contributed by atoms with van der Waals surface area (Å²) < 4.78 is 0. The molecule has 21 heavy (non-hydrogen) atoms. The smallest absolute Gasteiger partial charge is 0.0726 e. The highest BCUT2D eigenvalue weighted by atomic mass is 14.7. The molecular formula is C19H22N2. The van der Waals surface area contributed by atoms with Crippen LogP contribution in [0.3, 0.4) is 0 Å². The van der Waals surface area contributed by atoms with Gasteiger partial charge in [-0.3, -0.25) is 4.98 Å². The van der Waals surface area contributed by atoms with Crippen LogP contribution in [0.15, 0.2) is 35.9 Å². The van der Waals surface area contributed by atoms with Crippen LogP contribution in [0.5, 0.6) is 0 Å². The third kappa shape index (κ3) is 1.97. The summed E-state index contributed by atoms with van der Waals surface area (Å²) in [6, 6.07) is 8.28. The van der Waals surface area contributed by atoms with Gasteiger partial charge >= 0.3 is 0 Å². The van der Waals surface area contributed by atoms with E-state index in [0.29, 0.717) is 17.8 Å². The first-order valence-corrected chi connectivity index (χ1v) is 8.01. The van der Waals surface area contributed by atoms with Crippen molar-refractivity contribution in [3.05, 3.63) is 47.2 Å². The van der Waals surface area contributed by atoms with E-state index in [1.807, 2.05) is 6.07 Å². The van der Waals surface area contributed by atoms with Crippen LogP contribution in [-0.4, -0.2) is 4.98 Å². The molecule has 0 saturated heterocycles. The first kappa shape index (κ1) is 12.9. The molecule has 108 valence electrons. The summed E-state index contributed by atoms with van der Waals surface area (Å²) in [4.78, 5) is 4.92. The van der Waals surface area contributed by atoms with Crippen LogP contribution in [0.4, 0.5) is 5.69 Å². The fourth-order valence-electron chi connectivity index (χ4n) is 4.13. The second kappa shape index (κ2) is 4.59. The molecule has 2 heteroatoms. The second-order valence-electron chi connectivity index (χ2n) is 6.90. The van der Waals surface area contributed by atoms with Crippen molar-refractivity contribution < 1.29 is 0 Å². The highest BCUT2D eigenvalue weighted by molar-refractivity contribution is 5.92. The van der Waals surface area contributed by atoms with Crippen LogP contribution >= 0.6 is 0 Å². The summed E-state index contributed by atoms with van der Waals surface area (Å²) in [7, 11) is 0. The lowest BCUT2D eigenvalue weighted by Gasteiger charge is -2.37. The molecule has 0 radical (unpaired) electrons. The van der Waals surface area contributed by atoms with Gasteiger partial charge in [-0.2, -0.15) is 0 Å². The van der Waals surface area contributed by atoms with Crippen LogP contribution in [0.1, 0.15) is 43.9 Å². The largest absolute Gasteiger partial charge is 0.398 e. The van der Waals surface area contributed by atoms with Gasteiger partial charge < -0.3 is 5.73 Å². The number of nitrogen functional groups attached to an aromatic ring is 1. The fourth-order valence-corrected chi connectivity index (χ4v) is 4.13. The minimum atomic E-state index is 0.568. The molecule has 2 N–H and O–H groups in total. The molecule has 1 aromatic heterocycles. The quantitative estimate of drug-likeness (QED) is 0.783. The molecule has 2 nitrogen and oxygen atoms in total. The summed E-state index contributed by atoms with van der Waals surface area (Å²) in [5, 5.41) is 1.12. The lowest BCUT2D eigenvalue weighted by Crippen LogP contribution is -2.25. The Morgan fingerprint density at radius 3 is 2.81 bits per heavy atom. The highest BCUT2D eigenvalue weighted by Gasteiger charge is 2.34. The standard InChI is InChI=1S/C19H22N2/c1-11(2)13-7-12-8-14(10-13)18-17(9-12)21-16-6-4-3-5-15(16)19(18)20/h3-7,11-12,14H,8-10H2,1-2H3,(H2,20,21)/t12-,14-/m0/s1. The zero-order valence-electron chi connectivity index (χ0n) is 12.8. The van der Waals surface area contributed by atoms with E-state index in [1.165, 1.54) is 17.7 Å². The van der Waals surface area contributed by atoms with Crippen LogP contribution in [0.25, 0.3) is 10.9 Å². The van der Waals surface area contributed by atoms with E-state index in [0.717, 1.165) is 29.4 Å². The van der Waals surface area contributed by atoms with E-state index in [2.05, 4.69) is 38.1 Å². The van der Waals surface area contributed by atoms with Crippen LogP contribution in [0.2, 0.25) is 0 Å². The minimum absolute atomic E-state index is 0.568. The van der Waals surface area contributed by atoms with Gasteiger partial charge in [-0.1, -0.05) is 43.7 Å². The number of rotatable bonds is 1. The molecule has 1 aromatic carbocycles. The highest BCUT2D eigenvalue weighted by Crippen LogP contribution is 2.47. The van der Waals surface area contributed by atoms with E-state index < -0.39 is 0 Å². The molecule has 0 aliphatic heterocycles. The third-order valence-electron chi connectivity index (χ3n) is 5.18. The number of nitrogens with two attached hydrogens (primary N) is 1. The number of benzene rings is 1. The Hall–Kier alpha value is -1.83. The number of fused-ring (bicyclic) bond motifs is 5. The lowest BCUT2D eigenvalue weighted by atomic mass is 9.69. The third-order valence-corrected chi connectivity index (χ3v) is 5.18. The average Bonchev–Trinajstić information content (AvgIpc) is 2.46. The molecule has 0 unspecified atom stereocenters. The maximum absolute atomic E-state index is 6.54. The van der Waals surface area contributed by atoms with Gasteiger partial charge in [0.2, 0.25) is 0 Å². The van der Waals surface area contributed by atoms with Crippen molar-refractivity contribution in [1.82, 2.24) is 4.98 Å². The zero-order chi connectivity index (χ0) is 14.6. The molecule has 0 fully saturated rings. The average molecular weight is 278 g/mol. The molecule has 4 rings (SSSR count). The monoisotopic (exact) mass is 278 g/mol. The number of aromatic nitrogens is 1. The number of para-hydroxylation sites is 1. The Morgan fingerprint density at radius 1 is 1.19 bits per heavy atom. The van der Waals surface area contributed by atoms with Crippen molar-refractivity contribution in [2.45, 2.75) is 39.0 Å². The Kier molecular flexibility index (Phi) is 2.81. The Morgan fingerprint density at radius 2 is 2.00 bits per heavy atom. The number of pyridine rings is 1. The van der Waals surface area contributed by atoms with Crippen LogP contribution < -0.4 is 5.73 Å². The summed E-state index contributed by atoms with van der Waals surface area (Å²) in [5.74, 6) is 1.87. The van der Waals surface area contributed by atoms with E-state index >= 15 is 0 Å². The van der Waals surface area contributed by atoms with E-state index in [9.17, 15) is 0 Å². The number of hydrogen-bond acceptors (Lipinski definition) is 2. The molecule has 2 atom stereocenters. The Labute approximate surface area is 126 Å². The Balaban J connectivity index is 1.88. The normalized spacial score (nSPS) is 24.0. The van der Waals surface area contributed by atoms with Gasteiger partial charge in [-0.25, -0.2) is 0 Å². The predicted octanol–water partition coefficient (Wildman–Crippen LogP) is 4.45. The van der Waals surface area contributed by atoms with Gasteiger partial charge in [-0.15, -0.1) is 0 Å². The number of hydrogen-bond donors (Lipinski definition) is 1. The number of anilines is 1. The van der Waals surface area contributed by atoms with Crippen LogP contribution in [-0.2, 0) is 6.42 Å². The van der Waals surface area contributed by atoms with E-state index in [1.54, 1.807) is 5.57 Å². The minimum Gasteiger partial charge on any atom is -0.398 e. The van der Waals surface area contributed by atoms with Crippen molar-refractivity contribution in [2.24, 2.45) is 11.8 Å². The molecular weight excluding hydrogens is 256 g/mol. The van der Waals surface area contributed by atoms with Gasteiger partial charge in [0.1, 0.15) is 0 Å². The van der Waals surface area contributed by atoms with Crippen molar-refractivity contribution >= 4 is 16.6 Å². The Bertz CT molecular complexity index is 743. The summed E-state index contributed by atoms with van der Waals surface area (Å²) in [5.41, 5.74) is 12.7.